The monoisotopic (exact) mass is 311 g/mol. The second kappa shape index (κ2) is 9.01. The maximum absolute atomic E-state index is 5.74. The van der Waals surface area contributed by atoms with Crippen LogP contribution in [0.5, 0.6) is 11.5 Å². The van der Waals surface area contributed by atoms with E-state index in [1.807, 2.05) is 36.4 Å². The lowest BCUT2D eigenvalue weighted by Crippen LogP contribution is -2.15. The normalized spacial score (nSPS) is 11.1. The minimum Gasteiger partial charge on any atom is -0.496 e. The van der Waals surface area contributed by atoms with Crippen molar-refractivity contribution >= 4 is 12.2 Å². The molecule has 2 rings (SSSR count). The first-order valence-electron chi connectivity index (χ1n) is 7.88. The number of nitrogens with zero attached hydrogens (tertiary/aromatic N) is 1. The van der Waals surface area contributed by atoms with E-state index in [0.717, 1.165) is 42.2 Å². The molecular weight excluding hydrogens is 286 g/mol. The quantitative estimate of drug-likeness (QED) is 0.539. The van der Waals surface area contributed by atoms with Crippen molar-refractivity contribution in [3.05, 3.63) is 59.7 Å². The Kier molecular flexibility index (Phi) is 6.70. The molecule has 0 aliphatic carbocycles. The van der Waals surface area contributed by atoms with Gasteiger partial charge in [0.05, 0.1) is 13.7 Å². The second-order valence-electron chi connectivity index (χ2n) is 5.65. The Bertz CT molecular complexity index is 618. The summed E-state index contributed by atoms with van der Waals surface area (Å²) in [6.45, 7) is 1.79. The minimum atomic E-state index is 0.745. The largest absolute Gasteiger partial charge is 0.496 e. The van der Waals surface area contributed by atoms with Gasteiger partial charge in [0.25, 0.3) is 0 Å². The maximum Gasteiger partial charge on any atom is 0.126 e. The van der Waals surface area contributed by atoms with Crippen LogP contribution in [0.1, 0.15) is 17.5 Å². The van der Waals surface area contributed by atoms with E-state index in [0.29, 0.717) is 0 Å². The van der Waals surface area contributed by atoms with E-state index < -0.39 is 0 Å². The molecule has 0 saturated carbocycles. The molecule has 0 heterocycles. The highest BCUT2D eigenvalue weighted by Crippen LogP contribution is 2.20. The van der Waals surface area contributed by atoms with Crippen molar-refractivity contribution in [1.82, 2.24) is 4.90 Å². The third kappa shape index (κ3) is 5.80. The van der Waals surface area contributed by atoms with E-state index in [1.165, 1.54) is 0 Å². The lowest BCUT2D eigenvalue weighted by Gasteiger charge is -2.10. The lowest BCUT2D eigenvalue weighted by atomic mass is 10.1. The Hall–Kier alpha value is -2.26. The van der Waals surface area contributed by atoms with Gasteiger partial charge >= 0.3 is 0 Å². The van der Waals surface area contributed by atoms with Crippen molar-refractivity contribution < 1.29 is 9.47 Å². The zero-order valence-electron chi connectivity index (χ0n) is 14.2. The van der Waals surface area contributed by atoms with Gasteiger partial charge in [-0.1, -0.05) is 42.5 Å². The van der Waals surface area contributed by atoms with Crippen molar-refractivity contribution in [1.29, 1.82) is 0 Å². The van der Waals surface area contributed by atoms with Gasteiger partial charge in [-0.2, -0.15) is 0 Å². The third-order valence-corrected chi connectivity index (χ3v) is 3.49. The fourth-order valence-electron chi connectivity index (χ4n) is 2.24. The average Bonchev–Trinajstić information content (AvgIpc) is 2.58. The predicted octanol–water partition coefficient (Wildman–Crippen LogP) is 4.20. The van der Waals surface area contributed by atoms with Crippen molar-refractivity contribution in [3.8, 4) is 11.5 Å². The standard InChI is InChI=1S/C20H25NO2/c1-21(2)15-6-16-23-19-13-10-17(11-14-19)9-12-18-7-4-5-8-20(18)22-3/h4-5,7-14H,6,15-16H2,1-3H3. The van der Waals surface area contributed by atoms with Crippen LogP contribution in [0, 0.1) is 0 Å². The fraction of sp³-hybridized carbons (Fsp3) is 0.300. The van der Waals surface area contributed by atoms with Crippen LogP contribution < -0.4 is 9.47 Å². The van der Waals surface area contributed by atoms with Crippen molar-refractivity contribution in [2.45, 2.75) is 6.42 Å². The Morgan fingerprint density at radius 1 is 0.957 bits per heavy atom. The molecule has 0 spiro atoms. The van der Waals surface area contributed by atoms with Crippen molar-refractivity contribution in [2.24, 2.45) is 0 Å². The zero-order valence-corrected chi connectivity index (χ0v) is 14.2. The fourth-order valence-corrected chi connectivity index (χ4v) is 2.24. The highest BCUT2D eigenvalue weighted by Gasteiger charge is 1.98. The van der Waals surface area contributed by atoms with Gasteiger partial charge in [-0.05, 0) is 44.3 Å². The molecule has 23 heavy (non-hydrogen) atoms. The molecule has 0 radical (unpaired) electrons. The van der Waals surface area contributed by atoms with E-state index in [9.17, 15) is 0 Å². The smallest absolute Gasteiger partial charge is 0.126 e. The molecular formula is C20H25NO2. The number of ether oxygens (including phenoxy) is 2. The number of hydrogen-bond donors (Lipinski definition) is 0. The summed E-state index contributed by atoms with van der Waals surface area (Å²) in [6, 6.07) is 16.1. The summed E-state index contributed by atoms with van der Waals surface area (Å²) in [5, 5.41) is 0. The van der Waals surface area contributed by atoms with Crippen LogP contribution in [0.4, 0.5) is 0 Å². The Balaban J connectivity index is 1.90. The van der Waals surface area contributed by atoms with E-state index in [4.69, 9.17) is 9.47 Å². The minimum absolute atomic E-state index is 0.745. The van der Waals surface area contributed by atoms with Gasteiger partial charge in [0, 0.05) is 12.1 Å². The first-order chi connectivity index (χ1) is 11.2. The number of para-hydroxylation sites is 1. The molecule has 0 aromatic heterocycles. The molecule has 122 valence electrons. The highest BCUT2D eigenvalue weighted by atomic mass is 16.5. The first-order valence-corrected chi connectivity index (χ1v) is 7.88. The van der Waals surface area contributed by atoms with Crippen LogP contribution in [-0.2, 0) is 0 Å². The Labute approximate surface area is 139 Å². The molecule has 0 N–H and O–H groups in total. The van der Waals surface area contributed by atoms with Crippen LogP contribution >= 0.6 is 0 Å². The average molecular weight is 311 g/mol. The van der Waals surface area contributed by atoms with Crippen molar-refractivity contribution in [3.63, 3.8) is 0 Å². The van der Waals surface area contributed by atoms with Crippen LogP contribution in [0.3, 0.4) is 0 Å². The van der Waals surface area contributed by atoms with Crippen LogP contribution in [0.2, 0.25) is 0 Å². The SMILES string of the molecule is COc1ccccc1C=Cc1ccc(OCCCN(C)C)cc1. The van der Waals surface area contributed by atoms with E-state index in [-0.39, 0.29) is 0 Å². The van der Waals surface area contributed by atoms with Gasteiger partial charge in [-0.25, -0.2) is 0 Å². The molecule has 0 aliphatic rings. The Morgan fingerprint density at radius 3 is 2.39 bits per heavy atom. The van der Waals surface area contributed by atoms with E-state index in [2.05, 4.69) is 43.3 Å². The van der Waals surface area contributed by atoms with Crippen LogP contribution in [-0.4, -0.2) is 39.3 Å². The summed E-state index contributed by atoms with van der Waals surface area (Å²) in [5.74, 6) is 1.79. The van der Waals surface area contributed by atoms with Gasteiger partial charge in [0.2, 0.25) is 0 Å². The summed E-state index contributed by atoms with van der Waals surface area (Å²) in [5.41, 5.74) is 2.20. The van der Waals surface area contributed by atoms with Crippen LogP contribution in [0.25, 0.3) is 12.2 Å². The molecule has 0 atom stereocenters. The molecule has 2 aromatic rings. The molecule has 0 unspecified atom stereocenters. The summed E-state index contributed by atoms with van der Waals surface area (Å²) >= 11 is 0. The topological polar surface area (TPSA) is 21.7 Å². The Morgan fingerprint density at radius 2 is 1.70 bits per heavy atom. The van der Waals surface area contributed by atoms with Gasteiger partial charge in [0.15, 0.2) is 0 Å². The van der Waals surface area contributed by atoms with E-state index >= 15 is 0 Å². The summed E-state index contributed by atoms with van der Waals surface area (Å²) < 4.78 is 11.1. The van der Waals surface area contributed by atoms with Crippen molar-refractivity contribution in [2.75, 3.05) is 34.4 Å². The highest BCUT2D eigenvalue weighted by molar-refractivity contribution is 5.72. The molecule has 0 saturated heterocycles. The van der Waals surface area contributed by atoms with Gasteiger partial charge < -0.3 is 14.4 Å². The second-order valence-corrected chi connectivity index (χ2v) is 5.65. The van der Waals surface area contributed by atoms with Crippen LogP contribution in [0.15, 0.2) is 48.5 Å². The number of hydrogen-bond acceptors (Lipinski definition) is 3. The van der Waals surface area contributed by atoms with Gasteiger partial charge in [0.1, 0.15) is 11.5 Å². The number of methoxy groups -OCH3 is 1. The maximum atomic E-state index is 5.74. The molecule has 0 aliphatic heterocycles. The lowest BCUT2D eigenvalue weighted by molar-refractivity contribution is 0.281. The summed E-state index contributed by atoms with van der Waals surface area (Å²) in [7, 11) is 5.83. The third-order valence-electron chi connectivity index (χ3n) is 3.49. The number of rotatable bonds is 8. The first kappa shape index (κ1) is 17.1. The molecule has 0 bridgehead atoms. The zero-order chi connectivity index (χ0) is 16.5. The van der Waals surface area contributed by atoms with E-state index in [1.54, 1.807) is 7.11 Å². The summed E-state index contributed by atoms with van der Waals surface area (Å²) in [6.07, 6.45) is 5.17. The number of benzene rings is 2. The molecule has 3 heteroatoms. The molecule has 0 fully saturated rings. The summed E-state index contributed by atoms with van der Waals surface area (Å²) in [4.78, 5) is 2.16. The molecule has 2 aromatic carbocycles. The van der Waals surface area contributed by atoms with Gasteiger partial charge in [-0.15, -0.1) is 0 Å². The molecule has 0 amide bonds. The predicted molar refractivity (Wildman–Crippen MR) is 97.0 cm³/mol. The molecule has 3 nitrogen and oxygen atoms in total. The van der Waals surface area contributed by atoms with Gasteiger partial charge in [-0.3, -0.25) is 0 Å².